The molecule has 1 rings (SSSR count). The number of rotatable bonds is 5. The zero-order valence-corrected chi connectivity index (χ0v) is 10.3. The third kappa shape index (κ3) is 3.55. The fraction of sp³-hybridized carbons (Fsp3) is 0.333. The van der Waals surface area contributed by atoms with Crippen LogP contribution < -0.4 is 9.47 Å². The zero-order valence-electron chi connectivity index (χ0n) is 10.3. The lowest BCUT2D eigenvalue weighted by Gasteiger charge is -2.12. The molecule has 0 aliphatic carbocycles. The highest BCUT2D eigenvalue weighted by Gasteiger charge is 2.20. The highest BCUT2D eigenvalue weighted by molar-refractivity contribution is 5.94. The van der Waals surface area contributed by atoms with Crippen LogP contribution in [0.4, 0.5) is 8.78 Å². The van der Waals surface area contributed by atoms with E-state index in [1.807, 2.05) is 0 Å². The van der Waals surface area contributed by atoms with Gasteiger partial charge in [-0.05, 0) is 13.0 Å². The van der Waals surface area contributed by atoms with E-state index >= 15 is 0 Å². The molecule has 0 aliphatic rings. The number of carbonyl (C=O) groups is 1. The van der Waals surface area contributed by atoms with Crippen molar-refractivity contribution in [2.75, 3.05) is 13.7 Å². The molecule has 7 heteroatoms. The van der Waals surface area contributed by atoms with Crippen LogP contribution in [0, 0.1) is 11.3 Å². The summed E-state index contributed by atoms with van der Waals surface area (Å²) in [6.45, 7) is -1.37. The van der Waals surface area contributed by atoms with Crippen molar-refractivity contribution in [2.24, 2.45) is 0 Å². The van der Waals surface area contributed by atoms with Crippen molar-refractivity contribution in [3.8, 4) is 17.6 Å². The van der Waals surface area contributed by atoms with Gasteiger partial charge in [0.05, 0.1) is 19.3 Å². The molecule has 0 saturated heterocycles. The van der Waals surface area contributed by atoms with E-state index in [2.05, 4.69) is 4.74 Å². The minimum atomic E-state index is -3.06. The van der Waals surface area contributed by atoms with Gasteiger partial charge in [-0.2, -0.15) is 14.0 Å². The van der Waals surface area contributed by atoms with Crippen LogP contribution in [0.5, 0.6) is 11.5 Å². The molecule has 0 bridgehead atoms. The summed E-state index contributed by atoms with van der Waals surface area (Å²) in [6.07, 6.45) is 0. The maximum absolute atomic E-state index is 12.2. The molecule has 0 aromatic heterocycles. The second-order valence-electron chi connectivity index (χ2n) is 3.26. The Labute approximate surface area is 108 Å². The standard InChI is InChI=1S/C12H11F2NO4/c1-3-18-11(16)9-5-8(19-12(13)14)4-7(6-15)10(9)17-2/h4-5,12H,3H2,1-2H3. The number of carbonyl (C=O) groups excluding carboxylic acids is 1. The molecule has 0 N–H and O–H groups in total. The first-order valence-electron chi connectivity index (χ1n) is 5.27. The number of hydrogen-bond acceptors (Lipinski definition) is 5. The van der Waals surface area contributed by atoms with Gasteiger partial charge in [-0.15, -0.1) is 0 Å². The lowest BCUT2D eigenvalue weighted by Crippen LogP contribution is -2.10. The van der Waals surface area contributed by atoms with E-state index in [0.717, 1.165) is 12.1 Å². The van der Waals surface area contributed by atoms with Crippen molar-refractivity contribution in [3.63, 3.8) is 0 Å². The second-order valence-corrected chi connectivity index (χ2v) is 3.26. The average Bonchev–Trinajstić information content (AvgIpc) is 2.37. The summed E-state index contributed by atoms with van der Waals surface area (Å²) >= 11 is 0. The monoisotopic (exact) mass is 271 g/mol. The largest absolute Gasteiger partial charge is 0.494 e. The molecular weight excluding hydrogens is 260 g/mol. The minimum absolute atomic E-state index is 0.0393. The number of alkyl halides is 2. The molecule has 1 aromatic rings. The van der Waals surface area contributed by atoms with Crippen molar-refractivity contribution >= 4 is 5.97 Å². The molecule has 0 unspecified atom stereocenters. The molecule has 1 aromatic carbocycles. The SMILES string of the molecule is CCOC(=O)c1cc(OC(F)F)cc(C#N)c1OC. The Hall–Kier alpha value is -2.36. The Morgan fingerprint density at radius 3 is 2.63 bits per heavy atom. The zero-order chi connectivity index (χ0) is 14.4. The van der Waals surface area contributed by atoms with Gasteiger partial charge < -0.3 is 14.2 Å². The predicted molar refractivity (Wildman–Crippen MR) is 60.3 cm³/mol. The number of hydrogen-bond donors (Lipinski definition) is 0. The highest BCUT2D eigenvalue weighted by atomic mass is 19.3. The predicted octanol–water partition coefficient (Wildman–Crippen LogP) is 2.34. The number of nitrogens with zero attached hydrogens (tertiary/aromatic N) is 1. The summed E-state index contributed by atoms with van der Waals surface area (Å²) in [5.74, 6) is -1.13. The van der Waals surface area contributed by atoms with E-state index in [0.29, 0.717) is 0 Å². The van der Waals surface area contributed by atoms with E-state index in [1.165, 1.54) is 7.11 Å². The van der Waals surface area contributed by atoms with Gasteiger partial charge in [0.2, 0.25) is 0 Å². The van der Waals surface area contributed by atoms with E-state index in [1.54, 1.807) is 13.0 Å². The van der Waals surface area contributed by atoms with Crippen molar-refractivity contribution < 1.29 is 27.8 Å². The Morgan fingerprint density at radius 2 is 2.16 bits per heavy atom. The summed E-state index contributed by atoms with van der Waals surface area (Å²) in [5.41, 5.74) is -0.234. The molecule has 0 heterocycles. The maximum atomic E-state index is 12.2. The molecule has 5 nitrogen and oxygen atoms in total. The van der Waals surface area contributed by atoms with Crippen molar-refractivity contribution in [3.05, 3.63) is 23.3 Å². The number of halogens is 2. The molecule has 0 fully saturated rings. The van der Waals surface area contributed by atoms with Gasteiger partial charge >= 0.3 is 12.6 Å². The quantitative estimate of drug-likeness (QED) is 0.769. The topological polar surface area (TPSA) is 68.5 Å². The smallest absolute Gasteiger partial charge is 0.387 e. The number of nitriles is 1. The van der Waals surface area contributed by atoms with Gasteiger partial charge in [-0.25, -0.2) is 4.79 Å². The van der Waals surface area contributed by atoms with Crippen LogP contribution >= 0.6 is 0 Å². The van der Waals surface area contributed by atoms with E-state index in [9.17, 15) is 13.6 Å². The van der Waals surface area contributed by atoms with Crippen molar-refractivity contribution in [2.45, 2.75) is 13.5 Å². The normalized spacial score (nSPS) is 9.89. The van der Waals surface area contributed by atoms with Crippen LogP contribution in [0.1, 0.15) is 22.8 Å². The van der Waals surface area contributed by atoms with Gasteiger partial charge in [-0.1, -0.05) is 0 Å². The third-order valence-corrected chi connectivity index (χ3v) is 2.11. The molecule has 0 spiro atoms. The second kappa shape index (κ2) is 6.54. The lowest BCUT2D eigenvalue weighted by molar-refractivity contribution is -0.0499. The fourth-order valence-electron chi connectivity index (χ4n) is 1.44. The van der Waals surface area contributed by atoms with Gasteiger partial charge in [0.25, 0.3) is 0 Å². The molecule has 0 atom stereocenters. The van der Waals surface area contributed by atoms with Crippen LogP contribution in [-0.4, -0.2) is 26.3 Å². The summed E-state index contributed by atoms with van der Waals surface area (Å²) in [5, 5.41) is 8.92. The van der Waals surface area contributed by atoms with Crippen molar-refractivity contribution in [1.29, 1.82) is 5.26 Å². The first kappa shape index (κ1) is 14.7. The molecule has 0 amide bonds. The molecule has 0 saturated carbocycles. The summed E-state index contributed by atoms with van der Waals surface area (Å²) in [4.78, 5) is 11.7. The number of methoxy groups -OCH3 is 1. The third-order valence-electron chi connectivity index (χ3n) is 2.11. The fourth-order valence-corrected chi connectivity index (χ4v) is 1.44. The van der Waals surface area contributed by atoms with E-state index < -0.39 is 12.6 Å². The molecule has 0 aliphatic heterocycles. The molecule has 19 heavy (non-hydrogen) atoms. The van der Waals surface area contributed by atoms with E-state index in [-0.39, 0.29) is 29.2 Å². The molecular formula is C12H11F2NO4. The highest BCUT2D eigenvalue weighted by Crippen LogP contribution is 2.30. The Bertz CT molecular complexity index is 511. The van der Waals surface area contributed by atoms with Crippen LogP contribution in [0.2, 0.25) is 0 Å². The van der Waals surface area contributed by atoms with Gasteiger partial charge in [-0.3, -0.25) is 0 Å². The van der Waals surface area contributed by atoms with Gasteiger partial charge in [0.15, 0.2) is 5.75 Å². The number of benzene rings is 1. The first-order chi connectivity index (χ1) is 9.03. The Morgan fingerprint density at radius 1 is 1.47 bits per heavy atom. The Balaban J connectivity index is 3.32. The van der Waals surface area contributed by atoms with Crippen LogP contribution in [0.25, 0.3) is 0 Å². The van der Waals surface area contributed by atoms with Gasteiger partial charge in [0.1, 0.15) is 17.4 Å². The van der Waals surface area contributed by atoms with Gasteiger partial charge in [0, 0.05) is 6.07 Å². The first-order valence-corrected chi connectivity index (χ1v) is 5.27. The average molecular weight is 271 g/mol. The minimum Gasteiger partial charge on any atom is -0.494 e. The van der Waals surface area contributed by atoms with E-state index in [4.69, 9.17) is 14.7 Å². The number of esters is 1. The van der Waals surface area contributed by atoms with Crippen molar-refractivity contribution in [1.82, 2.24) is 0 Å². The molecule has 0 radical (unpaired) electrons. The van der Waals surface area contributed by atoms with Crippen LogP contribution in [0.3, 0.4) is 0 Å². The maximum Gasteiger partial charge on any atom is 0.387 e. The summed E-state index contributed by atoms with van der Waals surface area (Å²) in [6, 6.07) is 3.85. The Kier molecular flexibility index (Phi) is 5.06. The van der Waals surface area contributed by atoms with Crippen LogP contribution in [0.15, 0.2) is 12.1 Å². The lowest BCUT2D eigenvalue weighted by atomic mass is 10.1. The summed E-state index contributed by atoms with van der Waals surface area (Å²) < 4.78 is 38.2. The summed E-state index contributed by atoms with van der Waals surface area (Å²) in [7, 11) is 1.26. The van der Waals surface area contributed by atoms with Crippen LogP contribution in [-0.2, 0) is 4.74 Å². The molecule has 102 valence electrons. The number of ether oxygens (including phenoxy) is 3.